The molecule has 2 heterocycles. The van der Waals surface area contributed by atoms with Gasteiger partial charge < -0.3 is 5.73 Å². The highest BCUT2D eigenvalue weighted by atomic mass is 32.1. The fourth-order valence-corrected chi connectivity index (χ4v) is 1.99. The Kier molecular flexibility index (Phi) is 4.60. The standard InChI is InChI=1S/C10H10N2S.CH3NO/c1-7-8(2)13-10(12-7)9-4-3-5-11-6-9;2-1-3/h3-6H,1-2H3;1H,(H2,2,3). The third-order valence-corrected chi connectivity index (χ3v) is 3.06. The number of hydrogen-bond acceptors (Lipinski definition) is 4. The van der Waals surface area contributed by atoms with Gasteiger partial charge >= 0.3 is 0 Å². The molecule has 0 atom stereocenters. The lowest BCUT2D eigenvalue weighted by Gasteiger charge is -1.91. The summed E-state index contributed by atoms with van der Waals surface area (Å²) >= 11 is 1.72. The third-order valence-electron chi connectivity index (χ3n) is 1.94. The van der Waals surface area contributed by atoms with Gasteiger partial charge in [-0.1, -0.05) is 0 Å². The van der Waals surface area contributed by atoms with Crippen LogP contribution in [0.1, 0.15) is 10.6 Å². The molecule has 0 aliphatic rings. The first-order valence-electron chi connectivity index (χ1n) is 4.68. The molecule has 0 bridgehead atoms. The Morgan fingerprint density at radius 3 is 2.56 bits per heavy atom. The van der Waals surface area contributed by atoms with Crippen LogP contribution in [0.4, 0.5) is 0 Å². The lowest BCUT2D eigenvalue weighted by molar-refractivity contribution is -0.106. The molecule has 0 fully saturated rings. The SMILES string of the molecule is Cc1nc(-c2cccnc2)sc1C.NC=O. The summed E-state index contributed by atoms with van der Waals surface area (Å²) in [5, 5.41) is 1.06. The first-order valence-corrected chi connectivity index (χ1v) is 5.50. The number of nitrogens with zero attached hydrogens (tertiary/aromatic N) is 2. The number of nitrogens with two attached hydrogens (primary N) is 1. The zero-order chi connectivity index (χ0) is 12.0. The van der Waals surface area contributed by atoms with Crippen LogP contribution < -0.4 is 5.73 Å². The van der Waals surface area contributed by atoms with Crippen LogP contribution in [0, 0.1) is 13.8 Å². The lowest BCUT2D eigenvalue weighted by Crippen LogP contribution is -1.82. The topological polar surface area (TPSA) is 68.9 Å². The number of aryl methyl sites for hydroxylation is 2. The van der Waals surface area contributed by atoms with E-state index in [2.05, 4.69) is 22.6 Å². The van der Waals surface area contributed by atoms with Crippen LogP contribution >= 0.6 is 11.3 Å². The van der Waals surface area contributed by atoms with E-state index in [1.165, 1.54) is 4.88 Å². The number of aromatic nitrogens is 2. The molecular weight excluding hydrogens is 222 g/mol. The molecule has 84 valence electrons. The summed E-state index contributed by atoms with van der Waals surface area (Å²) < 4.78 is 0. The minimum absolute atomic E-state index is 0.250. The smallest absolute Gasteiger partial charge is 0.204 e. The van der Waals surface area contributed by atoms with Gasteiger partial charge in [0.1, 0.15) is 5.01 Å². The Hall–Kier alpha value is -1.75. The van der Waals surface area contributed by atoms with Gasteiger partial charge in [0.2, 0.25) is 6.41 Å². The fraction of sp³-hybridized carbons (Fsp3) is 0.182. The molecule has 16 heavy (non-hydrogen) atoms. The number of thiazole rings is 1. The molecule has 2 N–H and O–H groups in total. The van der Waals surface area contributed by atoms with Gasteiger partial charge in [0.05, 0.1) is 5.69 Å². The largest absolute Gasteiger partial charge is 0.372 e. The summed E-state index contributed by atoms with van der Waals surface area (Å²) in [6, 6.07) is 3.96. The molecule has 0 saturated carbocycles. The molecule has 2 aromatic rings. The maximum absolute atomic E-state index is 8.58. The maximum Gasteiger partial charge on any atom is 0.204 e. The van der Waals surface area contributed by atoms with E-state index in [1.54, 1.807) is 17.5 Å². The van der Waals surface area contributed by atoms with Gasteiger partial charge in [-0.3, -0.25) is 9.78 Å². The highest BCUT2D eigenvalue weighted by molar-refractivity contribution is 7.15. The summed E-state index contributed by atoms with van der Waals surface area (Å²) in [6.45, 7) is 4.12. The number of carbonyl (C=O) groups excluding carboxylic acids is 1. The Bertz CT molecular complexity index is 434. The Morgan fingerprint density at radius 1 is 1.44 bits per heavy atom. The lowest BCUT2D eigenvalue weighted by atomic mass is 10.3. The monoisotopic (exact) mass is 235 g/mol. The van der Waals surface area contributed by atoms with Crippen LogP contribution in [0.15, 0.2) is 24.5 Å². The van der Waals surface area contributed by atoms with Crippen molar-refractivity contribution in [1.82, 2.24) is 9.97 Å². The zero-order valence-electron chi connectivity index (χ0n) is 9.18. The van der Waals surface area contributed by atoms with Crippen molar-refractivity contribution in [3.05, 3.63) is 35.1 Å². The molecule has 0 saturated heterocycles. The van der Waals surface area contributed by atoms with Crippen molar-refractivity contribution in [2.45, 2.75) is 13.8 Å². The Labute approximate surface area is 98.2 Å². The minimum atomic E-state index is 0.250. The molecule has 0 aliphatic carbocycles. The normalized spacial score (nSPS) is 9.12. The minimum Gasteiger partial charge on any atom is -0.372 e. The predicted molar refractivity (Wildman–Crippen MR) is 65.1 cm³/mol. The first kappa shape index (κ1) is 12.3. The molecule has 0 aliphatic heterocycles. The quantitative estimate of drug-likeness (QED) is 0.768. The van der Waals surface area contributed by atoms with Crippen LogP contribution in [0.5, 0.6) is 0 Å². The van der Waals surface area contributed by atoms with E-state index in [0.717, 1.165) is 16.3 Å². The first-order chi connectivity index (χ1) is 7.69. The van der Waals surface area contributed by atoms with Gasteiger partial charge in [-0.25, -0.2) is 4.98 Å². The van der Waals surface area contributed by atoms with Gasteiger partial charge in [0.25, 0.3) is 0 Å². The van der Waals surface area contributed by atoms with Gasteiger partial charge in [-0.2, -0.15) is 0 Å². The average molecular weight is 235 g/mol. The second kappa shape index (κ2) is 5.97. The molecule has 5 heteroatoms. The summed E-state index contributed by atoms with van der Waals surface area (Å²) in [6.07, 6.45) is 3.87. The van der Waals surface area contributed by atoms with Crippen LogP contribution in [-0.2, 0) is 4.79 Å². The summed E-state index contributed by atoms with van der Waals surface area (Å²) in [4.78, 5) is 18.4. The average Bonchev–Trinajstić information content (AvgIpc) is 2.62. The van der Waals surface area contributed by atoms with E-state index in [9.17, 15) is 0 Å². The number of carbonyl (C=O) groups is 1. The third kappa shape index (κ3) is 3.13. The summed E-state index contributed by atoms with van der Waals surface area (Å²) in [5.41, 5.74) is 6.38. The van der Waals surface area contributed by atoms with Crippen molar-refractivity contribution in [3.63, 3.8) is 0 Å². The van der Waals surface area contributed by atoms with Crippen LogP contribution in [0.25, 0.3) is 10.6 Å². The van der Waals surface area contributed by atoms with Crippen molar-refractivity contribution in [2.24, 2.45) is 5.73 Å². The van der Waals surface area contributed by atoms with Crippen LogP contribution in [0.2, 0.25) is 0 Å². The highest BCUT2D eigenvalue weighted by Gasteiger charge is 2.04. The maximum atomic E-state index is 8.58. The molecule has 0 radical (unpaired) electrons. The molecular formula is C11H13N3OS. The predicted octanol–water partition coefficient (Wildman–Crippen LogP) is 1.92. The van der Waals surface area contributed by atoms with Crippen molar-refractivity contribution in [3.8, 4) is 10.6 Å². The van der Waals surface area contributed by atoms with Crippen molar-refractivity contribution in [1.29, 1.82) is 0 Å². The molecule has 2 rings (SSSR count). The van der Waals surface area contributed by atoms with Gasteiger partial charge in [0, 0.05) is 22.8 Å². The molecule has 0 unspecified atom stereocenters. The van der Waals surface area contributed by atoms with Crippen molar-refractivity contribution >= 4 is 17.7 Å². The van der Waals surface area contributed by atoms with E-state index in [0.29, 0.717) is 0 Å². The number of primary amides is 1. The van der Waals surface area contributed by atoms with E-state index >= 15 is 0 Å². The summed E-state index contributed by atoms with van der Waals surface area (Å²) in [5.74, 6) is 0. The molecule has 1 amide bonds. The van der Waals surface area contributed by atoms with Crippen molar-refractivity contribution in [2.75, 3.05) is 0 Å². The molecule has 0 spiro atoms. The van der Waals surface area contributed by atoms with E-state index in [1.807, 2.05) is 25.3 Å². The number of amides is 1. The zero-order valence-corrected chi connectivity index (χ0v) is 9.99. The van der Waals surface area contributed by atoms with E-state index < -0.39 is 0 Å². The fourth-order valence-electron chi connectivity index (χ4n) is 1.09. The second-order valence-corrected chi connectivity index (χ2v) is 4.24. The van der Waals surface area contributed by atoms with Crippen LogP contribution in [-0.4, -0.2) is 16.4 Å². The van der Waals surface area contributed by atoms with E-state index in [4.69, 9.17) is 4.79 Å². The Morgan fingerprint density at radius 2 is 2.12 bits per heavy atom. The number of pyridine rings is 1. The van der Waals surface area contributed by atoms with Gasteiger partial charge in [-0.15, -0.1) is 11.3 Å². The highest BCUT2D eigenvalue weighted by Crippen LogP contribution is 2.25. The van der Waals surface area contributed by atoms with Gasteiger partial charge in [0.15, 0.2) is 0 Å². The van der Waals surface area contributed by atoms with Crippen LogP contribution in [0.3, 0.4) is 0 Å². The second-order valence-electron chi connectivity index (χ2n) is 3.04. The van der Waals surface area contributed by atoms with Crippen molar-refractivity contribution < 1.29 is 4.79 Å². The number of hydrogen-bond donors (Lipinski definition) is 1. The molecule has 2 aromatic heterocycles. The van der Waals surface area contributed by atoms with E-state index in [-0.39, 0.29) is 6.41 Å². The molecule has 0 aromatic carbocycles. The number of rotatable bonds is 1. The van der Waals surface area contributed by atoms with Gasteiger partial charge in [-0.05, 0) is 26.0 Å². The Balaban J connectivity index is 0.000000386. The summed E-state index contributed by atoms with van der Waals surface area (Å²) in [7, 11) is 0. The molecule has 4 nitrogen and oxygen atoms in total.